The molecule has 1 aliphatic heterocycles. The fraction of sp³-hybridized carbons (Fsp3) is 0. The van der Waals surface area contributed by atoms with Crippen molar-refractivity contribution in [1.29, 1.82) is 0 Å². The minimum Gasteiger partial charge on any atom is -0.345 e. The predicted molar refractivity (Wildman–Crippen MR) is 47.9 cm³/mol. The summed E-state index contributed by atoms with van der Waals surface area (Å²) in [6.45, 7) is 0. The summed E-state index contributed by atoms with van der Waals surface area (Å²) in [6, 6.07) is 3.25. The van der Waals surface area contributed by atoms with Gasteiger partial charge in [0.2, 0.25) is 0 Å². The fourth-order valence-electron chi connectivity index (χ4n) is 1.60. The quantitative estimate of drug-likeness (QED) is 0.588. The number of nitrogens with zero attached hydrogens (tertiary/aromatic N) is 1. The van der Waals surface area contributed by atoms with E-state index in [0.717, 1.165) is 5.52 Å². The second-order valence-electron chi connectivity index (χ2n) is 3.10. The molecule has 14 heavy (non-hydrogen) atoms. The van der Waals surface area contributed by atoms with Crippen LogP contribution >= 0.6 is 0 Å². The van der Waals surface area contributed by atoms with Gasteiger partial charge in [-0.2, -0.15) is 0 Å². The van der Waals surface area contributed by atoms with Crippen LogP contribution in [0.5, 0.6) is 0 Å². The van der Waals surface area contributed by atoms with Gasteiger partial charge in [-0.1, -0.05) is 0 Å². The molecule has 2 N–H and O–H groups in total. The van der Waals surface area contributed by atoms with Gasteiger partial charge in [0.15, 0.2) is 0 Å². The first-order valence-electron chi connectivity index (χ1n) is 4.08. The molecule has 1 aliphatic rings. The molecule has 5 nitrogen and oxygen atoms in total. The highest BCUT2D eigenvalue weighted by Crippen LogP contribution is 2.20. The van der Waals surface area contributed by atoms with E-state index in [1.165, 1.54) is 6.33 Å². The van der Waals surface area contributed by atoms with Crippen LogP contribution in [-0.4, -0.2) is 21.8 Å². The topological polar surface area (TPSA) is 74.8 Å². The van der Waals surface area contributed by atoms with Crippen molar-refractivity contribution in [3.8, 4) is 0 Å². The highest BCUT2D eigenvalue weighted by molar-refractivity contribution is 6.22. The van der Waals surface area contributed by atoms with Crippen molar-refractivity contribution in [2.45, 2.75) is 0 Å². The number of H-pyrrole nitrogens is 1. The number of amides is 2. The summed E-state index contributed by atoms with van der Waals surface area (Å²) in [5.74, 6) is -0.698. The summed E-state index contributed by atoms with van der Waals surface area (Å²) in [4.78, 5) is 29.4. The Balaban J connectivity index is 2.43. The smallest absolute Gasteiger partial charge is 0.259 e. The van der Waals surface area contributed by atoms with E-state index in [9.17, 15) is 9.59 Å². The number of imide groups is 1. The average Bonchev–Trinajstić information content (AvgIpc) is 2.70. The predicted octanol–water partition coefficient (Wildman–Crippen LogP) is 0.447. The zero-order valence-corrected chi connectivity index (χ0v) is 7.00. The summed E-state index contributed by atoms with van der Waals surface area (Å²) in [5.41, 5.74) is 2.25. The van der Waals surface area contributed by atoms with Gasteiger partial charge in [0.25, 0.3) is 11.8 Å². The molecule has 0 spiro atoms. The lowest BCUT2D eigenvalue weighted by atomic mass is 10.1. The molecule has 0 saturated heterocycles. The standard InChI is InChI=1S/C9H5N3O2/c13-8-4-1-6-7(11-3-10-6)2-5(4)9(14)12-8/h1-3H,(H,10,11)(H,12,13,14). The number of aromatic amines is 1. The Morgan fingerprint density at radius 1 is 1.07 bits per heavy atom. The molecule has 2 amide bonds. The summed E-state index contributed by atoms with van der Waals surface area (Å²) >= 11 is 0. The number of nitrogens with one attached hydrogen (secondary N) is 2. The van der Waals surface area contributed by atoms with Crippen LogP contribution in [0.15, 0.2) is 18.5 Å². The first kappa shape index (κ1) is 7.25. The maximum absolute atomic E-state index is 11.3. The Kier molecular flexibility index (Phi) is 1.14. The molecule has 3 rings (SSSR count). The summed E-state index contributed by atoms with van der Waals surface area (Å²) in [7, 11) is 0. The molecule has 2 aromatic rings. The zero-order chi connectivity index (χ0) is 9.71. The van der Waals surface area contributed by atoms with E-state index < -0.39 is 0 Å². The van der Waals surface area contributed by atoms with Crippen LogP contribution in [0.1, 0.15) is 20.7 Å². The monoisotopic (exact) mass is 187 g/mol. The number of benzene rings is 1. The molecular formula is C9H5N3O2. The van der Waals surface area contributed by atoms with E-state index in [2.05, 4.69) is 15.3 Å². The first-order chi connectivity index (χ1) is 6.75. The van der Waals surface area contributed by atoms with Crippen LogP contribution in [-0.2, 0) is 0 Å². The first-order valence-corrected chi connectivity index (χ1v) is 4.08. The second-order valence-corrected chi connectivity index (χ2v) is 3.10. The molecule has 0 saturated carbocycles. The molecule has 0 radical (unpaired) electrons. The second kappa shape index (κ2) is 2.20. The van der Waals surface area contributed by atoms with Gasteiger partial charge in [-0.05, 0) is 12.1 Å². The van der Waals surface area contributed by atoms with Gasteiger partial charge in [0.1, 0.15) is 0 Å². The largest absolute Gasteiger partial charge is 0.345 e. The molecule has 5 heteroatoms. The van der Waals surface area contributed by atoms with E-state index in [1.807, 2.05) is 0 Å². The number of hydrogen-bond donors (Lipinski definition) is 2. The normalized spacial score (nSPS) is 14.6. The van der Waals surface area contributed by atoms with Gasteiger partial charge in [-0.3, -0.25) is 14.9 Å². The Labute approximate surface area is 78.1 Å². The summed E-state index contributed by atoms with van der Waals surface area (Å²) in [5, 5.41) is 2.23. The minimum atomic E-state index is -0.352. The van der Waals surface area contributed by atoms with Crippen LogP contribution in [0.25, 0.3) is 11.0 Å². The molecule has 68 valence electrons. The van der Waals surface area contributed by atoms with E-state index in [4.69, 9.17) is 0 Å². The van der Waals surface area contributed by atoms with Crippen LogP contribution in [0.3, 0.4) is 0 Å². The maximum Gasteiger partial charge on any atom is 0.259 e. The molecule has 0 fully saturated rings. The third-order valence-electron chi connectivity index (χ3n) is 2.28. The van der Waals surface area contributed by atoms with Crippen LogP contribution < -0.4 is 5.32 Å². The number of imidazole rings is 1. The highest BCUT2D eigenvalue weighted by Gasteiger charge is 2.27. The Bertz CT molecular complexity index is 522. The van der Waals surface area contributed by atoms with E-state index in [1.54, 1.807) is 12.1 Å². The Morgan fingerprint density at radius 2 is 1.79 bits per heavy atom. The molecule has 0 atom stereocenters. The Hall–Kier alpha value is -2.17. The molecule has 0 unspecified atom stereocenters. The molecule has 1 aromatic carbocycles. The molecule has 2 heterocycles. The third kappa shape index (κ3) is 0.756. The highest BCUT2D eigenvalue weighted by atomic mass is 16.2. The van der Waals surface area contributed by atoms with Crippen LogP contribution in [0, 0.1) is 0 Å². The number of hydrogen-bond acceptors (Lipinski definition) is 3. The van der Waals surface area contributed by atoms with Crippen molar-refractivity contribution in [3.63, 3.8) is 0 Å². The van der Waals surface area contributed by atoms with Gasteiger partial charge in [0.05, 0.1) is 28.5 Å². The minimum absolute atomic E-state index is 0.346. The van der Waals surface area contributed by atoms with Crippen LogP contribution in [0.2, 0.25) is 0 Å². The van der Waals surface area contributed by atoms with Crippen molar-refractivity contribution in [3.05, 3.63) is 29.6 Å². The third-order valence-corrected chi connectivity index (χ3v) is 2.28. The number of carbonyl (C=O) groups excluding carboxylic acids is 2. The van der Waals surface area contributed by atoms with Gasteiger partial charge < -0.3 is 4.98 Å². The number of fused-ring (bicyclic) bond motifs is 2. The molecule has 0 aliphatic carbocycles. The molecular weight excluding hydrogens is 182 g/mol. The van der Waals surface area contributed by atoms with Crippen molar-refractivity contribution in [2.75, 3.05) is 0 Å². The van der Waals surface area contributed by atoms with Crippen molar-refractivity contribution >= 4 is 22.8 Å². The van der Waals surface area contributed by atoms with E-state index in [0.29, 0.717) is 16.6 Å². The van der Waals surface area contributed by atoms with Gasteiger partial charge in [-0.25, -0.2) is 4.98 Å². The zero-order valence-electron chi connectivity index (χ0n) is 7.00. The van der Waals surface area contributed by atoms with Crippen molar-refractivity contribution in [2.24, 2.45) is 0 Å². The van der Waals surface area contributed by atoms with Crippen molar-refractivity contribution in [1.82, 2.24) is 15.3 Å². The van der Waals surface area contributed by atoms with Crippen molar-refractivity contribution < 1.29 is 9.59 Å². The maximum atomic E-state index is 11.3. The average molecular weight is 187 g/mol. The van der Waals surface area contributed by atoms with Crippen LogP contribution in [0.4, 0.5) is 0 Å². The van der Waals surface area contributed by atoms with Gasteiger partial charge in [0, 0.05) is 0 Å². The molecule has 1 aromatic heterocycles. The Morgan fingerprint density at radius 3 is 2.57 bits per heavy atom. The summed E-state index contributed by atoms with van der Waals surface area (Å²) < 4.78 is 0. The number of carbonyl (C=O) groups is 2. The lowest BCUT2D eigenvalue weighted by molar-refractivity contribution is 0.0879. The number of aromatic nitrogens is 2. The van der Waals surface area contributed by atoms with E-state index in [-0.39, 0.29) is 11.8 Å². The lowest BCUT2D eigenvalue weighted by Gasteiger charge is -1.93. The SMILES string of the molecule is O=C1NC(=O)c2cc3[nH]cnc3cc21. The van der Waals surface area contributed by atoms with E-state index >= 15 is 0 Å². The van der Waals surface area contributed by atoms with Gasteiger partial charge in [-0.15, -0.1) is 0 Å². The summed E-state index contributed by atoms with van der Waals surface area (Å²) in [6.07, 6.45) is 1.53. The fourth-order valence-corrected chi connectivity index (χ4v) is 1.60. The molecule has 0 bridgehead atoms. The number of rotatable bonds is 0. The lowest BCUT2D eigenvalue weighted by Crippen LogP contribution is -2.19. The van der Waals surface area contributed by atoms with Gasteiger partial charge >= 0.3 is 0 Å².